The molecule has 2 aliphatic rings. The number of hydrogen-bond acceptors (Lipinski definition) is 5. The minimum atomic E-state index is -0.897. The van der Waals surface area contributed by atoms with Gasteiger partial charge in [0.2, 0.25) is 0 Å². The molecule has 0 saturated heterocycles. The number of fused-ring (bicyclic) bond motifs is 1. The Balaban J connectivity index is 1.39. The zero-order valence-electron chi connectivity index (χ0n) is 15.0. The van der Waals surface area contributed by atoms with Crippen molar-refractivity contribution >= 4 is 0 Å². The fourth-order valence-corrected chi connectivity index (χ4v) is 3.91. The second kappa shape index (κ2) is 7.78. The molecule has 2 N–H and O–H groups in total. The summed E-state index contributed by atoms with van der Waals surface area (Å²) in [5, 5.41) is 23.3. The largest absolute Gasteiger partial charge is 0.490 e. The SMILES string of the molecule is OCC(O)c1cc2n(n1)CCN(Cc1cccc(OC3CCCC3)c1)C2. The highest BCUT2D eigenvalue weighted by atomic mass is 16.5. The molecule has 1 aliphatic heterocycles. The summed E-state index contributed by atoms with van der Waals surface area (Å²) in [6.07, 6.45) is 4.37. The van der Waals surface area contributed by atoms with Crippen LogP contribution in [0.4, 0.5) is 0 Å². The second-order valence-corrected chi connectivity index (χ2v) is 7.36. The molecule has 0 spiro atoms. The lowest BCUT2D eigenvalue weighted by molar-refractivity contribution is 0.0915. The van der Waals surface area contributed by atoms with Gasteiger partial charge in [-0.3, -0.25) is 9.58 Å². The fraction of sp³-hybridized carbons (Fsp3) is 0.550. The zero-order chi connectivity index (χ0) is 17.9. The van der Waals surface area contributed by atoms with Gasteiger partial charge in [0.1, 0.15) is 11.9 Å². The number of aliphatic hydroxyl groups is 2. The van der Waals surface area contributed by atoms with E-state index >= 15 is 0 Å². The standard InChI is InChI=1S/C20H27N3O3/c24-14-20(25)19-11-16-13-22(8-9-23(16)21-19)12-15-4-3-7-18(10-15)26-17-5-1-2-6-17/h3-4,7,10-11,17,20,24-25H,1-2,5-6,8-9,12-14H2. The quantitative estimate of drug-likeness (QED) is 0.830. The lowest BCUT2D eigenvalue weighted by atomic mass is 10.1. The Morgan fingerprint density at radius 3 is 2.85 bits per heavy atom. The summed E-state index contributed by atoms with van der Waals surface area (Å²) in [6, 6.07) is 10.3. The van der Waals surface area contributed by atoms with Gasteiger partial charge >= 0.3 is 0 Å². The molecule has 6 heteroatoms. The Morgan fingerprint density at radius 2 is 2.04 bits per heavy atom. The van der Waals surface area contributed by atoms with Gasteiger partial charge in [-0.25, -0.2) is 0 Å². The second-order valence-electron chi connectivity index (χ2n) is 7.36. The number of nitrogens with zero attached hydrogens (tertiary/aromatic N) is 3. The van der Waals surface area contributed by atoms with Crippen LogP contribution in [-0.4, -0.2) is 44.1 Å². The number of benzene rings is 1. The molecule has 1 aliphatic carbocycles. The van der Waals surface area contributed by atoms with Crippen molar-refractivity contribution in [1.82, 2.24) is 14.7 Å². The van der Waals surface area contributed by atoms with Crippen LogP contribution in [0.5, 0.6) is 5.75 Å². The van der Waals surface area contributed by atoms with Crippen LogP contribution >= 0.6 is 0 Å². The Morgan fingerprint density at radius 1 is 1.19 bits per heavy atom. The predicted molar refractivity (Wildman–Crippen MR) is 97.7 cm³/mol. The first-order chi connectivity index (χ1) is 12.7. The van der Waals surface area contributed by atoms with Gasteiger partial charge in [0.15, 0.2) is 0 Å². The Hall–Kier alpha value is -1.89. The summed E-state index contributed by atoms with van der Waals surface area (Å²) < 4.78 is 8.05. The Labute approximate surface area is 154 Å². The van der Waals surface area contributed by atoms with Crippen molar-refractivity contribution in [2.45, 2.75) is 57.5 Å². The van der Waals surface area contributed by atoms with Gasteiger partial charge in [0.25, 0.3) is 0 Å². The molecule has 26 heavy (non-hydrogen) atoms. The number of rotatable bonds is 6. The molecule has 1 aromatic carbocycles. The fourth-order valence-electron chi connectivity index (χ4n) is 3.91. The van der Waals surface area contributed by atoms with Crippen molar-refractivity contribution in [1.29, 1.82) is 0 Å². The van der Waals surface area contributed by atoms with Crippen LogP contribution in [0.25, 0.3) is 0 Å². The van der Waals surface area contributed by atoms with E-state index in [0.29, 0.717) is 11.8 Å². The average molecular weight is 357 g/mol. The van der Waals surface area contributed by atoms with Gasteiger partial charge < -0.3 is 14.9 Å². The third-order valence-corrected chi connectivity index (χ3v) is 5.32. The summed E-state index contributed by atoms with van der Waals surface area (Å²) in [5.74, 6) is 0.977. The van der Waals surface area contributed by atoms with E-state index in [4.69, 9.17) is 9.84 Å². The van der Waals surface area contributed by atoms with E-state index in [1.807, 2.05) is 10.7 Å². The normalized spacial score (nSPS) is 19.5. The summed E-state index contributed by atoms with van der Waals surface area (Å²) in [4.78, 5) is 2.38. The lowest BCUT2D eigenvalue weighted by Crippen LogP contribution is -2.33. The molecule has 0 bridgehead atoms. The van der Waals surface area contributed by atoms with Crippen LogP contribution in [0, 0.1) is 0 Å². The molecule has 2 aromatic rings. The molecule has 6 nitrogen and oxygen atoms in total. The minimum absolute atomic E-state index is 0.298. The first kappa shape index (κ1) is 17.5. The van der Waals surface area contributed by atoms with Gasteiger partial charge in [-0.2, -0.15) is 5.10 Å². The van der Waals surface area contributed by atoms with E-state index in [1.54, 1.807) is 0 Å². The summed E-state index contributed by atoms with van der Waals surface area (Å²) in [5.41, 5.74) is 2.89. The molecule has 0 radical (unpaired) electrons. The molecular weight excluding hydrogens is 330 g/mol. The first-order valence-electron chi connectivity index (χ1n) is 9.55. The molecule has 1 fully saturated rings. The van der Waals surface area contributed by atoms with Gasteiger partial charge in [0.05, 0.1) is 30.6 Å². The van der Waals surface area contributed by atoms with Crippen LogP contribution in [0.2, 0.25) is 0 Å². The maximum atomic E-state index is 9.77. The molecule has 2 heterocycles. The van der Waals surface area contributed by atoms with Crippen molar-refractivity contribution in [3.8, 4) is 5.75 Å². The lowest BCUT2D eigenvalue weighted by Gasteiger charge is -2.27. The highest BCUT2D eigenvalue weighted by molar-refractivity contribution is 5.29. The van der Waals surface area contributed by atoms with Crippen LogP contribution < -0.4 is 4.74 Å². The van der Waals surface area contributed by atoms with E-state index in [2.05, 4.69) is 34.3 Å². The number of aromatic nitrogens is 2. The third-order valence-electron chi connectivity index (χ3n) is 5.32. The van der Waals surface area contributed by atoms with Crippen LogP contribution in [-0.2, 0) is 19.6 Å². The van der Waals surface area contributed by atoms with E-state index in [0.717, 1.165) is 37.6 Å². The van der Waals surface area contributed by atoms with Crippen LogP contribution in [0.1, 0.15) is 48.7 Å². The van der Waals surface area contributed by atoms with Crippen molar-refractivity contribution in [2.75, 3.05) is 13.2 Å². The smallest absolute Gasteiger partial charge is 0.121 e. The highest BCUT2D eigenvalue weighted by Crippen LogP contribution is 2.25. The molecule has 1 saturated carbocycles. The molecule has 1 atom stereocenters. The van der Waals surface area contributed by atoms with E-state index in [-0.39, 0.29) is 6.61 Å². The maximum absolute atomic E-state index is 9.77. The topological polar surface area (TPSA) is 70.8 Å². The summed E-state index contributed by atoms with van der Waals surface area (Å²) >= 11 is 0. The van der Waals surface area contributed by atoms with E-state index in [1.165, 1.54) is 31.2 Å². The van der Waals surface area contributed by atoms with Gasteiger partial charge in [-0.1, -0.05) is 12.1 Å². The monoisotopic (exact) mass is 357 g/mol. The van der Waals surface area contributed by atoms with E-state index < -0.39 is 6.10 Å². The molecule has 140 valence electrons. The third kappa shape index (κ3) is 3.92. The van der Waals surface area contributed by atoms with Crippen LogP contribution in [0.15, 0.2) is 30.3 Å². The highest BCUT2D eigenvalue weighted by Gasteiger charge is 2.21. The minimum Gasteiger partial charge on any atom is -0.490 e. The molecule has 1 aromatic heterocycles. The maximum Gasteiger partial charge on any atom is 0.121 e. The molecule has 0 amide bonds. The van der Waals surface area contributed by atoms with Gasteiger partial charge in [-0.15, -0.1) is 0 Å². The Bertz CT molecular complexity index is 740. The van der Waals surface area contributed by atoms with Crippen molar-refractivity contribution in [3.63, 3.8) is 0 Å². The van der Waals surface area contributed by atoms with Crippen molar-refractivity contribution < 1.29 is 14.9 Å². The van der Waals surface area contributed by atoms with E-state index in [9.17, 15) is 5.11 Å². The van der Waals surface area contributed by atoms with Crippen molar-refractivity contribution in [2.24, 2.45) is 0 Å². The molecule has 1 unspecified atom stereocenters. The summed E-state index contributed by atoms with van der Waals surface area (Å²) in [7, 11) is 0. The van der Waals surface area contributed by atoms with Crippen LogP contribution in [0.3, 0.4) is 0 Å². The number of hydrogen-bond donors (Lipinski definition) is 2. The van der Waals surface area contributed by atoms with Gasteiger partial charge in [-0.05, 0) is 49.4 Å². The predicted octanol–water partition coefficient (Wildman–Crippen LogP) is 2.25. The zero-order valence-corrected chi connectivity index (χ0v) is 15.0. The van der Waals surface area contributed by atoms with Crippen molar-refractivity contribution in [3.05, 3.63) is 47.3 Å². The summed E-state index contributed by atoms with van der Waals surface area (Å²) in [6.45, 7) is 3.07. The average Bonchev–Trinajstić information content (AvgIpc) is 3.30. The molecular formula is C20H27N3O3. The first-order valence-corrected chi connectivity index (χ1v) is 9.55. The number of ether oxygens (including phenoxy) is 1. The molecule has 4 rings (SSSR count). The van der Waals surface area contributed by atoms with Gasteiger partial charge in [0, 0.05) is 19.6 Å². The number of aliphatic hydroxyl groups excluding tert-OH is 2. The Kier molecular flexibility index (Phi) is 5.24.